The minimum atomic E-state index is -0.279. The van der Waals surface area contributed by atoms with E-state index in [1.54, 1.807) is 0 Å². The van der Waals surface area contributed by atoms with Crippen LogP contribution >= 0.6 is 0 Å². The number of aromatic hydroxyl groups is 2. The van der Waals surface area contributed by atoms with Crippen molar-refractivity contribution in [1.82, 2.24) is 10.6 Å². The maximum Gasteiger partial charge on any atom is 0.251 e. The predicted octanol–water partition coefficient (Wildman–Crippen LogP) is 1.26. The fraction of sp³-hybridized carbons (Fsp3) is 0.125. The van der Waals surface area contributed by atoms with Crippen molar-refractivity contribution in [1.29, 1.82) is 0 Å². The lowest BCUT2D eigenvalue weighted by atomic mass is 10.2. The third kappa shape index (κ3) is 4.24. The average molecular weight is 300 g/mol. The second-order valence-electron chi connectivity index (χ2n) is 4.61. The Morgan fingerprint density at radius 2 is 1.00 bits per heavy atom. The van der Waals surface area contributed by atoms with E-state index in [1.807, 2.05) is 0 Å². The summed E-state index contributed by atoms with van der Waals surface area (Å²) in [6, 6.07) is 11.8. The van der Waals surface area contributed by atoms with Crippen molar-refractivity contribution in [3.05, 3.63) is 59.7 Å². The van der Waals surface area contributed by atoms with Gasteiger partial charge in [0.1, 0.15) is 11.5 Å². The highest BCUT2D eigenvalue weighted by atomic mass is 16.3. The Balaban J connectivity index is 1.74. The lowest BCUT2D eigenvalue weighted by Crippen LogP contribution is -2.34. The zero-order chi connectivity index (χ0) is 15.9. The highest BCUT2D eigenvalue weighted by Crippen LogP contribution is 2.10. The predicted molar refractivity (Wildman–Crippen MR) is 80.9 cm³/mol. The van der Waals surface area contributed by atoms with Gasteiger partial charge in [-0.1, -0.05) is 0 Å². The maximum atomic E-state index is 11.8. The number of amides is 2. The topological polar surface area (TPSA) is 98.7 Å². The first-order chi connectivity index (χ1) is 10.6. The number of benzene rings is 2. The van der Waals surface area contributed by atoms with Crippen LogP contribution in [0.1, 0.15) is 20.7 Å². The van der Waals surface area contributed by atoms with Gasteiger partial charge in [-0.05, 0) is 48.5 Å². The summed E-state index contributed by atoms with van der Waals surface area (Å²) < 4.78 is 0. The Labute approximate surface area is 127 Å². The summed E-state index contributed by atoms with van der Waals surface area (Å²) in [5.74, 6) is -0.367. The van der Waals surface area contributed by atoms with Crippen molar-refractivity contribution in [2.24, 2.45) is 0 Å². The molecule has 0 saturated carbocycles. The molecule has 0 aliphatic carbocycles. The van der Waals surface area contributed by atoms with Crippen LogP contribution in [-0.2, 0) is 0 Å². The Kier molecular flexibility index (Phi) is 4.98. The first-order valence-corrected chi connectivity index (χ1v) is 6.71. The number of hydrogen-bond donors (Lipinski definition) is 4. The summed E-state index contributed by atoms with van der Waals surface area (Å²) in [6.45, 7) is 0.563. The van der Waals surface area contributed by atoms with Crippen LogP contribution in [0.3, 0.4) is 0 Å². The van der Waals surface area contributed by atoms with Crippen LogP contribution in [-0.4, -0.2) is 35.1 Å². The van der Waals surface area contributed by atoms with Crippen molar-refractivity contribution in [3.8, 4) is 11.5 Å². The minimum Gasteiger partial charge on any atom is -0.508 e. The quantitative estimate of drug-likeness (QED) is 0.625. The van der Waals surface area contributed by atoms with Crippen LogP contribution in [0.25, 0.3) is 0 Å². The molecule has 0 heterocycles. The van der Waals surface area contributed by atoms with Crippen LogP contribution in [0.5, 0.6) is 11.5 Å². The Bertz CT molecular complexity index is 591. The van der Waals surface area contributed by atoms with Crippen LogP contribution in [0.15, 0.2) is 48.5 Å². The summed E-state index contributed by atoms with van der Waals surface area (Å²) >= 11 is 0. The van der Waals surface area contributed by atoms with E-state index < -0.39 is 0 Å². The number of rotatable bonds is 5. The number of phenols is 2. The van der Waals surface area contributed by atoms with E-state index in [4.69, 9.17) is 10.2 Å². The van der Waals surface area contributed by atoms with E-state index in [1.165, 1.54) is 48.5 Å². The summed E-state index contributed by atoms with van der Waals surface area (Å²) in [6.07, 6.45) is 0. The molecule has 0 aromatic heterocycles. The second-order valence-corrected chi connectivity index (χ2v) is 4.61. The molecule has 0 bridgehead atoms. The lowest BCUT2D eigenvalue weighted by molar-refractivity contribution is 0.0927. The summed E-state index contributed by atoms with van der Waals surface area (Å²) in [5, 5.41) is 23.6. The molecule has 0 spiro atoms. The first-order valence-electron chi connectivity index (χ1n) is 6.71. The average Bonchev–Trinajstić information content (AvgIpc) is 2.52. The molecular formula is C16H16N2O4. The number of hydrogen-bond acceptors (Lipinski definition) is 4. The van der Waals surface area contributed by atoms with Gasteiger partial charge < -0.3 is 20.8 Å². The largest absolute Gasteiger partial charge is 0.508 e. The van der Waals surface area contributed by atoms with Gasteiger partial charge in [-0.3, -0.25) is 9.59 Å². The second kappa shape index (κ2) is 7.12. The summed E-state index contributed by atoms with van der Waals surface area (Å²) in [4.78, 5) is 23.5. The van der Waals surface area contributed by atoms with Crippen LogP contribution in [0, 0.1) is 0 Å². The first kappa shape index (κ1) is 15.4. The molecule has 2 amide bonds. The lowest BCUT2D eigenvalue weighted by Gasteiger charge is -2.07. The molecule has 2 rings (SSSR count). The van der Waals surface area contributed by atoms with E-state index in [0.29, 0.717) is 11.1 Å². The van der Waals surface area contributed by atoms with Crippen molar-refractivity contribution >= 4 is 11.8 Å². The fourth-order valence-electron chi connectivity index (χ4n) is 1.78. The highest BCUT2D eigenvalue weighted by molar-refractivity contribution is 5.95. The standard InChI is InChI=1S/C16H16N2O4/c19-13-5-1-11(2-6-13)15(21)17-9-10-18-16(22)12-3-7-14(20)8-4-12/h1-8,19-20H,9-10H2,(H,17,21)(H,18,22). The summed E-state index contributed by atoms with van der Waals surface area (Å²) in [5.41, 5.74) is 0.866. The number of carbonyl (C=O) groups is 2. The molecular weight excluding hydrogens is 284 g/mol. The monoisotopic (exact) mass is 300 g/mol. The molecule has 2 aromatic rings. The molecule has 114 valence electrons. The normalized spacial score (nSPS) is 10.0. The van der Waals surface area contributed by atoms with E-state index in [2.05, 4.69) is 10.6 Å². The number of carbonyl (C=O) groups excluding carboxylic acids is 2. The van der Waals surface area contributed by atoms with Crippen molar-refractivity contribution in [2.75, 3.05) is 13.1 Å². The number of phenolic OH excluding ortho intramolecular Hbond substituents is 2. The highest BCUT2D eigenvalue weighted by Gasteiger charge is 2.06. The molecule has 2 aromatic carbocycles. The zero-order valence-corrected chi connectivity index (χ0v) is 11.7. The smallest absolute Gasteiger partial charge is 0.251 e. The molecule has 0 fully saturated rings. The Morgan fingerprint density at radius 3 is 1.32 bits per heavy atom. The molecule has 4 N–H and O–H groups in total. The van der Waals surface area contributed by atoms with Gasteiger partial charge in [0, 0.05) is 24.2 Å². The molecule has 6 heteroatoms. The molecule has 0 atom stereocenters. The molecule has 0 radical (unpaired) electrons. The van der Waals surface area contributed by atoms with Crippen LogP contribution in [0.2, 0.25) is 0 Å². The molecule has 0 saturated heterocycles. The van der Waals surface area contributed by atoms with Crippen LogP contribution < -0.4 is 10.6 Å². The molecule has 22 heavy (non-hydrogen) atoms. The molecule has 0 aliphatic rings. The van der Waals surface area contributed by atoms with Crippen molar-refractivity contribution < 1.29 is 19.8 Å². The zero-order valence-electron chi connectivity index (χ0n) is 11.7. The Morgan fingerprint density at radius 1 is 0.682 bits per heavy atom. The van der Waals surface area contributed by atoms with Crippen molar-refractivity contribution in [3.63, 3.8) is 0 Å². The minimum absolute atomic E-state index is 0.0951. The Hall–Kier alpha value is -3.02. The SMILES string of the molecule is O=C(NCCNC(=O)c1ccc(O)cc1)c1ccc(O)cc1. The van der Waals surface area contributed by atoms with Gasteiger partial charge in [0.05, 0.1) is 0 Å². The van der Waals surface area contributed by atoms with Gasteiger partial charge in [-0.2, -0.15) is 0 Å². The van der Waals surface area contributed by atoms with Gasteiger partial charge in [0.25, 0.3) is 11.8 Å². The van der Waals surface area contributed by atoms with Gasteiger partial charge in [-0.25, -0.2) is 0 Å². The van der Waals surface area contributed by atoms with Gasteiger partial charge in [0.15, 0.2) is 0 Å². The van der Waals surface area contributed by atoms with Gasteiger partial charge in [-0.15, -0.1) is 0 Å². The van der Waals surface area contributed by atoms with Gasteiger partial charge >= 0.3 is 0 Å². The van der Waals surface area contributed by atoms with Crippen LogP contribution in [0.4, 0.5) is 0 Å². The molecule has 0 aliphatic heterocycles. The number of nitrogens with one attached hydrogen (secondary N) is 2. The van der Waals surface area contributed by atoms with E-state index in [0.717, 1.165) is 0 Å². The van der Waals surface area contributed by atoms with E-state index >= 15 is 0 Å². The van der Waals surface area contributed by atoms with Gasteiger partial charge in [0.2, 0.25) is 0 Å². The maximum absolute atomic E-state index is 11.8. The summed E-state index contributed by atoms with van der Waals surface area (Å²) in [7, 11) is 0. The van der Waals surface area contributed by atoms with Crippen molar-refractivity contribution in [2.45, 2.75) is 0 Å². The molecule has 0 unspecified atom stereocenters. The third-order valence-corrected chi connectivity index (χ3v) is 2.96. The molecule has 6 nitrogen and oxygen atoms in total. The third-order valence-electron chi connectivity index (χ3n) is 2.96. The fourth-order valence-corrected chi connectivity index (χ4v) is 1.78. The van der Waals surface area contributed by atoms with E-state index in [-0.39, 0.29) is 36.4 Å². The van der Waals surface area contributed by atoms with E-state index in [9.17, 15) is 9.59 Å².